The van der Waals surface area contributed by atoms with Crippen molar-refractivity contribution in [2.24, 2.45) is 0 Å². The Kier molecular flexibility index (Phi) is 4.18. The van der Waals surface area contributed by atoms with E-state index in [9.17, 15) is 0 Å². The first-order valence-corrected chi connectivity index (χ1v) is 6.18. The highest BCUT2D eigenvalue weighted by Gasteiger charge is 2.09. The van der Waals surface area contributed by atoms with Gasteiger partial charge in [-0.2, -0.15) is 0 Å². The number of nitrogens with zero attached hydrogens (tertiary/aromatic N) is 1. The summed E-state index contributed by atoms with van der Waals surface area (Å²) in [5, 5.41) is 0. The van der Waals surface area contributed by atoms with Crippen LogP contribution in [0, 0.1) is 0 Å². The van der Waals surface area contributed by atoms with E-state index in [0.29, 0.717) is 0 Å². The van der Waals surface area contributed by atoms with E-state index in [0.717, 1.165) is 43.7 Å². The van der Waals surface area contributed by atoms with Gasteiger partial charge in [0.1, 0.15) is 0 Å². The van der Waals surface area contributed by atoms with Crippen molar-refractivity contribution >= 4 is 15.9 Å². The lowest BCUT2D eigenvalue weighted by molar-refractivity contribution is 0.140. The summed E-state index contributed by atoms with van der Waals surface area (Å²) < 4.78 is 6.59. The zero-order valence-corrected chi connectivity index (χ0v) is 10.4. The number of benzene rings is 1. The first-order chi connectivity index (χ1) is 7.34. The van der Waals surface area contributed by atoms with E-state index in [2.05, 4.69) is 45.1 Å². The van der Waals surface area contributed by atoms with Crippen LogP contribution in [0.15, 0.2) is 28.7 Å². The number of hydrogen-bond acceptors (Lipinski definition) is 2. The van der Waals surface area contributed by atoms with E-state index in [1.807, 2.05) is 0 Å². The van der Waals surface area contributed by atoms with Crippen molar-refractivity contribution < 1.29 is 4.74 Å². The van der Waals surface area contributed by atoms with Gasteiger partial charge < -0.3 is 4.74 Å². The van der Waals surface area contributed by atoms with Crippen molar-refractivity contribution in [2.75, 3.05) is 26.3 Å². The molecule has 1 fully saturated rings. The maximum Gasteiger partial charge on any atom is 0.0593 e. The summed E-state index contributed by atoms with van der Waals surface area (Å²) in [7, 11) is 0. The third-order valence-corrected chi connectivity index (χ3v) is 3.10. The molecule has 0 atom stereocenters. The van der Waals surface area contributed by atoms with E-state index >= 15 is 0 Å². The molecule has 1 aliphatic heterocycles. The number of halogens is 1. The third kappa shape index (κ3) is 3.59. The van der Waals surface area contributed by atoms with Crippen LogP contribution in [0.4, 0.5) is 0 Å². The third-order valence-electron chi connectivity index (χ3n) is 2.61. The van der Waals surface area contributed by atoms with Crippen LogP contribution in [0.3, 0.4) is 0 Å². The van der Waals surface area contributed by atoms with Gasteiger partial charge in [-0.25, -0.2) is 0 Å². The average Bonchev–Trinajstić information content (AvgIpc) is 2.46. The molecule has 1 aliphatic rings. The van der Waals surface area contributed by atoms with E-state index < -0.39 is 0 Å². The fourth-order valence-electron chi connectivity index (χ4n) is 1.85. The van der Waals surface area contributed by atoms with Crippen molar-refractivity contribution in [2.45, 2.75) is 13.0 Å². The zero-order valence-electron chi connectivity index (χ0n) is 8.79. The Labute approximate surface area is 99.4 Å². The minimum atomic E-state index is 0.869. The van der Waals surface area contributed by atoms with Crippen LogP contribution in [0.1, 0.15) is 12.0 Å². The van der Waals surface area contributed by atoms with Gasteiger partial charge in [-0.1, -0.05) is 28.1 Å². The van der Waals surface area contributed by atoms with Gasteiger partial charge in [-0.15, -0.1) is 0 Å². The zero-order chi connectivity index (χ0) is 10.5. The van der Waals surface area contributed by atoms with Crippen LogP contribution >= 0.6 is 15.9 Å². The van der Waals surface area contributed by atoms with E-state index in [4.69, 9.17) is 4.74 Å². The fraction of sp³-hybridized carbons (Fsp3) is 0.500. The molecule has 1 aromatic carbocycles. The summed E-state index contributed by atoms with van der Waals surface area (Å²) in [6.07, 6.45) is 1.15. The SMILES string of the molecule is Brc1cccc(CN2CCCOCC2)c1. The van der Waals surface area contributed by atoms with Gasteiger partial charge in [-0.3, -0.25) is 4.90 Å². The van der Waals surface area contributed by atoms with Gasteiger partial charge >= 0.3 is 0 Å². The van der Waals surface area contributed by atoms with Gasteiger partial charge in [0.15, 0.2) is 0 Å². The molecular weight excluding hydrogens is 254 g/mol. The lowest BCUT2D eigenvalue weighted by atomic mass is 10.2. The van der Waals surface area contributed by atoms with Crippen LogP contribution < -0.4 is 0 Å². The van der Waals surface area contributed by atoms with Crippen molar-refractivity contribution in [3.63, 3.8) is 0 Å². The Morgan fingerprint density at radius 2 is 2.20 bits per heavy atom. The first-order valence-electron chi connectivity index (χ1n) is 5.39. The van der Waals surface area contributed by atoms with E-state index in [-0.39, 0.29) is 0 Å². The summed E-state index contributed by atoms with van der Waals surface area (Å²) in [4.78, 5) is 2.45. The lowest BCUT2D eigenvalue weighted by Crippen LogP contribution is -2.25. The molecule has 1 heterocycles. The minimum absolute atomic E-state index is 0.869. The molecule has 0 radical (unpaired) electrons. The first kappa shape index (κ1) is 11.1. The van der Waals surface area contributed by atoms with Crippen LogP contribution in [0.5, 0.6) is 0 Å². The Morgan fingerprint density at radius 1 is 1.27 bits per heavy atom. The molecule has 0 bridgehead atoms. The highest BCUT2D eigenvalue weighted by atomic mass is 79.9. The van der Waals surface area contributed by atoms with Crippen molar-refractivity contribution in [1.29, 1.82) is 0 Å². The number of rotatable bonds is 2. The second-order valence-electron chi connectivity index (χ2n) is 3.87. The molecule has 2 rings (SSSR count). The summed E-state index contributed by atoms with van der Waals surface area (Å²) in [5.74, 6) is 0. The topological polar surface area (TPSA) is 12.5 Å². The molecule has 0 saturated carbocycles. The molecule has 0 spiro atoms. The Bertz CT molecular complexity index is 308. The van der Waals surface area contributed by atoms with Gasteiger partial charge in [0, 0.05) is 30.7 Å². The molecule has 15 heavy (non-hydrogen) atoms. The lowest BCUT2D eigenvalue weighted by Gasteiger charge is -2.18. The average molecular weight is 270 g/mol. The Morgan fingerprint density at radius 3 is 3.07 bits per heavy atom. The molecule has 3 heteroatoms. The minimum Gasteiger partial charge on any atom is -0.380 e. The highest BCUT2D eigenvalue weighted by Crippen LogP contribution is 2.14. The van der Waals surface area contributed by atoms with Gasteiger partial charge in [0.25, 0.3) is 0 Å². The maximum absolute atomic E-state index is 5.44. The molecule has 0 amide bonds. The van der Waals surface area contributed by atoms with Crippen LogP contribution in [-0.4, -0.2) is 31.2 Å². The summed E-state index contributed by atoms with van der Waals surface area (Å²) in [6, 6.07) is 8.52. The molecule has 1 saturated heterocycles. The molecule has 0 aromatic heterocycles. The van der Waals surface area contributed by atoms with Crippen molar-refractivity contribution in [3.05, 3.63) is 34.3 Å². The summed E-state index contributed by atoms with van der Waals surface area (Å²) >= 11 is 3.50. The van der Waals surface area contributed by atoms with Gasteiger partial charge in [-0.05, 0) is 24.1 Å². The molecule has 1 aromatic rings. The van der Waals surface area contributed by atoms with Crippen LogP contribution in [0.25, 0.3) is 0 Å². The normalized spacial score (nSPS) is 18.7. The van der Waals surface area contributed by atoms with Gasteiger partial charge in [0.05, 0.1) is 6.61 Å². The predicted octanol–water partition coefficient (Wildman–Crippen LogP) is 2.67. The predicted molar refractivity (Wildman–Crippen MR) is 64.9 cm³/mol. The Hall–Kier alpha value is -0.380. The van der Waals surface area contributed by atoms with Crippen LogP contribution in [-0.2, 0) is 11.3 Å². The van der Waals surface area contributed by atoms with Crippen molar-refractivity contribution in [3.8, 4) is 0 Å². The number of hydrogen-bond donors (Lipinski definition) is 0. The number of ether oxygens (including phenoxy) is 1. The fourth-order valence-corrected chi connectivity index (χ4v) is 2.30. The van der Waals surface area contributed by atoms with E-state index in [1.54, 1.807) is 0 Å². The van der Waals surface area contributed by atoms with Crippen molar-refractivity contribution in [1.82, 2.24) is 4.90 Å². The van der Waals surface area contributed by atoms with Crippen LogP contribution in [0.2, 0.25) is 0 Å². The summed E-state index contributed by atoms with van der Waals surface area (Å²) in [5.41, 5.74) is 1.37. The second-order valence-corrected chi connectivity index (χ2v) is 4.79. The molecule has 0 aliphatic carbocycles. The smallest absolute Gasteiger partial charge is 0.0593 e. The summed E-state index contributed by atoms with van der Waals surface area (Å²) in [6.45, 7) is 5.00. The molecule has 0 unspecified atom stereocenters. The molecular formula is C12H16BrNO. The second kappa shape index (κ2) is 5.64. The quantitative estimate of drug-likeness (QED) is 0.819. The molecule has 0 N–H and O–H groups in total. The molecule has 2 nitrogen and oxygen atoms in total. The largest absolute Gasteiger partial charge is 0.380 e. The standard InChI is InChI=1S/C12H16BrNO/c13-12-4-1-3-11(9-12)10-14-5-2-7-15-8-6-14/h1,3-4,9H,2,5-8,10H2. The maximum atomic E-state index is 5.44. The Balaban J connectivity index is 1.95. The van der Waals surface area contributed by atoms with Gasteiger partial charge in [0.2, 0.25) is 0 Å². The van der Waals surface area contributed by atoms with E-state index in [1.165, 1.54) is 5.56 Å². The monoisotopic (exact) mass is 269 g/mol. The molecule has 82 valence electrons. The highest BCUT2D eigenvalue weighted by molar-refractivity contribution is 9.10.